The van der Waals surface area contributed by atoms with E-state index >= 15 is 0 Å². The largest absolute Gasteiger partial charge is 0.340 e. The van der Waals surface area contributed by atoms with Crippen molar-refractivity contribution in [3.8, 4) is 17.3 Å². The predicted octanol–water partition coefficient (Wildman–Crippen LogP) is 1.89. The zero-order valence-electron chi connectivity index (χ0n) is 15.8. The molecule has 1 fully saturated rings. The fourth-order valence-corrected chi connectivity index (χ4v) is 3.85. The molecule has 4 heterocycles. The summed E-state index contributed by atoms with van der Waals surface area (Å²) in [5, 5.41) is 9.35. The Balaban J connectivity index is 1.75. The minimum absolute atomic E-state index is 0.0772. The molecule has 0 spiro atoms. The van der Waals surface area contributed by atoms with Crippen LogP contribution in [-0.4, -0.2) is 59.5 Å². The normalized spacial score (nSPS) is 19.7. The number of carbonyl (C=O) groups is 1. The van der Waals surface area contributed by atoms with Crippen LogP contribution in [0, 0.1) is 11.3 Å². The van der Waals surface area contributed by atoms with E-state index in [0.29, 0.717) is 23.8 Å². The first-order valence-electron chi connectivity index (χ1n) is 9.15. The van der Waals surface area contributed by atoms with Crippen molar-refractivity contribution in [3.05, 3.63) is 36.2 Å². The molecule has 0 radical (unpaired) electrons. The lowest BCUT2D eigenvalue weighted by molar-refractivity contribution is -0.121. The third-order valence-corrected chi connectivity index (χ3v) is 5.44. The highest BCUT2D eigenvalue weighted by molar-refractivity contribution is 6.05. The molecular weight excluding hydrogens is 340 g/mol. The lowest BCUT2D eigenvalue weighted by Crippen LogP contribution is -2.63. The molecule has 27 heavy (non-hydrogen) atoms. The van der Waals surface area contributed by atoms with Crippen LogP contribution in [0.2, 0.25) is 0 Å². The Hall–Kier alpha value is -2.98. The van der Waals surface area contributed by atoms with Crippen LogP contribution in [0.5, 0.6) is 0 Å². The number of rotatable bonds is 2. The second-order valence-corrected chi connectivity index (χ2v) is 7.27. The van der Waals surface area contributed by atoms with Crippen molar-refractivity contribution in [3.63, 3.8) is 0 Å². The van der Waals surface area contributed by atoms with Gasteiger partial charge in [0.25, 0.3) is 5.91 Å². The van der Waals surface area contributed by atoms with Crippen LogP contribution >= 0.6 is 0 Å². The average molecular weight is 362 g/mol. The zero-order valence-corrected chi connectivity index (χ0v) is 15.8. The molecule has 2 aromatic heterocycles. The van der Waals surface area contributed by atoms with E-state index in [-0.39, 0.29) is 11.9 Å². The first-order chi connectivity index (χ1) is 13.0. The molecule has 138 valence electrons. The van der Waals surface area contributed by atoms with E-state index in [1.807, 2.05) is 6.07 Å². The highest BCUT2D eigenvalue weighted by atomic mass is 16.2. The quantitative estimate of drug-likeness (QED) is 0.812. The average Bonchev–Trinajstić information content (AvgIpc) is 2.71. The Morgan fingerprint density at radius 1 is 1.30 bits per heavy atom. The predicted molar refractivity (Wildman–Crippen MR) is 103 cm³/mol. The molecule has 0 N–H and O–H groups in total. The van der Waals surface area contributed by atoms with Crippen LogP contribution in [0.25, 0.3) is 11.3 Å². The molecule has 0 aromatic carbocycles. The maximum Gasteiger partial charge on any atom is 0.250 e. The van der Waals surface area contributed by atoms with Crippen LogP contribution in [-0.2, 0) is 4.79 Å². The minimum atomic E-state index is -0.207. The maximum absolute atomic E-state index is 13.0. The second kappa shape index (κ2) is 6.63. The summed E-state index contributed by atoms with van der Waals surface area (Å²) in [5.41, 5.74) is 2.58. The topological polar surface area (TPSA) is 76.4 Å². The summed E-state index contributed by atoms with van der Waals surface area (Å²) in [4.78, 5) is 28.2. The van der Waals surface area contributed by atoms with Crippen LogP contribution in [0.1, 0.15) is 19.4 Å². The number of hydrogen-bond acceptors (Lipinski definition) is 6. The number of nitrogens with zero attached hydrogens (tertiary/aromatic N) is 6. The lowest BCUT2D eigenvalue weighted by atomic mass is 10.0. The standard InChI is InChI=1S/C20H22N6O/c1-13(2)25-7-8-26-17(12-25)20(27)24(3)16-9-15(11-23-19(16)26)18-14(10-21)5-4-6-22-18/h4-6,9,11,13,17H,7-8,12H2,1-3H3/t17-/m0/s1. The van der Waals surface area contributed by atoms with Gasteiger partial charge >= 0.3 is 0 Å². The Morgan fingerprint density at radius 3 is 2.85 bits per heavy atom. The zero-order chi connectivity index (χ0) is 19.1. The number of nitriles is 1. The van der Waals surface area contributed by atoms with Gasteiger partial charge in [-0.3, -0.25) is 14.7 Å². The summed E-state index contributed by atoms with van der Waals surface area (Å²) in [7, 11) is 1.79. The van der Waals surface area contributed by atoms with Gasteiger partial charge in [0.1, 0.15) is 12.1 Å². The second-order valence-electron chi connectivity index (χ2n) is 7.27. The van der Waals surface area contributed by atoms with Gasteiger partial charge in [-0.15, -0.1) is 0 Å². The molecule has 1 atom stereocenters. The molecule has 7 nitrogen and oxygen atoms in total. The van der Waals surface area contributed by atoms with E-state index in [0.717, 1.165) is 30.2 Å². The molecule has 2 aromatic rings. The van der Waals surface area contributed by atoms with Crippen LogP contribution < -0.4 is 9.80 Å². The third-order valence-electron chi connectivity index (χ3n) is 5.44. The van der Waals surface area contributed by atoms with Gasteiger partial charge in [0, 0.05) is 50.7 Å². The highest BCUT2D eigenvalue weighted by Crippen LogP contribution is 2.37. The van der Waals surface area contributed by atoms with Crippen LogP contribution in [0.15, 0.2) is 30.6 Å². The van der Waals surface area contributed by atoms with Gasteiger partial charge in [0.15, 0.2) is 5.82 Å². The van der Waals surface area contributed by atoms with Crippen molar-refractivity contribution in [2.45, 2.75) is 25.9 Å². The summed E-state index contributed by atoms with van der Waals surface area (Å²) in [6.45, 7) is 6.71. The van der Waals surface area contributed by atoms with Crippen LogP contribution in [0.3, 0.4) is 0 Å². The van der Waals surface area contributed by atoms with E-state index in [1.165, 1.54) is 0 Å². The number of hydrogen-bond donors (Lipinski definition) is 0. The minimum Gasteiger partial charge on any atom is -0.340 e. The number of anilines is 2. The van der Waals surface area contributed by atoms with Gasteiger partial charge in [-0.1, -0.05) is 0 Å². The smallest absolute Gasteiger partial charge is 0.250 e. The summed E-state index contributed by atoms with van der Waals surface area (Å²) >= 11 is 0. The van der Waals surface area contributed by atoms with Crippen LogP contribution in [0.4, 0.5) is 11.5 Å². The molecule has 0 unspecified atom stereocenters. The molecule has 7 heteroatoms. The van der Waals surface area contributed by atoms with Crippen molar-refractivity contribution in [1.82, 2.24) is 14.9 Å². The molecule has 2 aliphatic heterocycles. The molecule has 0 aliphatic carbocycles. The van der Waals surface area contributed by atoms with Gasteiger partial charge in [-0.05, 0) is 32.0 Å². The first-order valence-corrected chi connectivity index (χ1v) is 9.15. The highest BCUT2D eigenvalue weighted by Gasteiger charge is 2.41. The lowest BCUT2D eigenvalue weighted by Gasteiger charge is -2.47. The third kappa shape index (κ3) is 2.82. The SMILES string of the molecule is CC(C)N1CCN2c3ncc(-c4ncccc4C#N)cc3N(C)C(=O)[C@@H]2C1. The molecule has 1 saturated heterocycles. The van der Waals surface area contributed by atoms with E-state index in [2.05, 4.69) is 39.7 Å². The summed E-state index contributed by atoms with van der Waals surface area (Å²) in [6, 6.07) is 7.76. The summed E-state index contributed by atoms with van der Waals surface area (Å²) in [6.07, 6.45) is 3.41. The van der Waals surface area contributed by atoms with Gasteiger partial charge in [0.05, 0.1) is 16.9 Å². The molecule has 4 rings (SSSR count). The fraction of sp³-hybridized carbons (Fsp3) is 0.400. The number of fused-ring (bicyclic) bond motifs is 3. The number of pyridine rings is 2. The van der Waals surface area contributed by atoms with Gasteiger partial charge < -0.3 is 9.80 Å². The number of carbonyl (C=O) groups excluding carboxylic acids is 1. The molecule has 1 amide bonds. The van der Waals surface area contributed by atoms with Crippen molar-refractivity contribution in [2.24, 2.45) is 0 Å². The summed E-state index contributed by atoms with van der Waals surface area (Å²) < 4.78 is 0. The monoisotopic (exact) mass is 362 g/mol. The Kier molecular flexibility index (Phi) is 4.28. The Morgan fingerprint density at radius 2 is 2.11 bits per heavy atom. The number of likely N-dealkylation sites (N-methyl/N-ethyl adjacent to an activating group) is 1. The van der Waals surface area contributed by atoms with Gasteiger partial charge in [-0.2, -0.15) is 5.26 Å². The fourth-order valence-electron chi connectivity index (χ4n) is 3.85. The van der Waals surface area contributed by atoms with E-state index in [4.69, 9.17) is 0 Å². The van der Waals surface area contributed by atoms with E-state index in [1.54, 1.807) is 36.5 Å². The first kappa shape index (κ1) is 17.4. The molecule has 0 bridgehead atoms. The Labute approximate surface area is 158 Å². The van der Waals surface area contributed by atoms with Crippen molar-refractivity contribution in [1.29, 1.82) is 5.26 Å². The maximum atomic E-state index is 13.0. The number of piperazine rings is 1. The van der Waals surface area contributed by atoms with E-state index < -0.39 is 0 Å². The summed E-state index contributed by atoms with van der Waals surface area (Å²) in [5.74, 6) is 0.900. The van der Waals surface area contributed by atoms with Crippen molar-refractivity contribution in [2.75, 3.05) is 36.5 Å². The van der Waals surface area contributed by atoms with Gasteiger partial charge in [-0.25, -0.2) is 4.98 Å². The number of amides is 1. The molecule has 0 saturated carbocycles. The van der Waals surface area contributed by atoms with Gasteiger partial charge in [0.2, 0.25) is 0 Å². The van der Waals surface area contributed by atoms with Crippen molar-refractivity contribution < 1.29 is 4.79 Å². The van der Waals surface area contributed by atoms with Crippen molar-refractivity contribution >= 4 is 17.4 Å². The molecule has 2 aliphatic rings. The van der Waals surface area contributed by atoms with E-state index in [9.17, 15) is 10.1 Å². The molecular formula is C20H22N6O. The number of aromatic nitrogens is 2. The Bertz CT molecular complexity index is 934.